The normalized spacial score (nSPS) is 15.2. The third-order valence-corrected chi connectivity index (χ3v) is 4.18. The van der Waals surface area contributed by atoms with E-state index in [-0.39, 0.29) is 11.8 Å². The minimum atomic E-state index is -0.527. The van der Waals surface area contributed by atoms with E-state index in [1.807, 2.05) is 4.90 Å². The first kappa shape index (κ1) is 24.2. The van der Waals surface area contributed by atoms with Gasteiger partial charge in [0.25, 0.3) is 0 Å². The molecule has 0 spiro atoms. The molecule has 0 unspecified atom stereocenters. The molecule has 9 heteroatoms. The van der Waals surface area contributed by atoms with E-state index >= 15 is 0 Å². The van der Waals surface area contributed by atoms with E-state index in [1.54, 1.807) is 27.9 Å². The van der Waals surface area contributed by atoms with Gasteiger partial charge >= 0.3 is 6.09 Å². The summed E-state index contributed by atoms with van der Waals surface area (Å²) in [5, 5.41) is 5.53. The predicted molar refractivity (Wildman–Crippen MR) is 106 cm³/mol. The molecular weight excluding hydrogens is 364 g/mol. The molecule has 28 heavy (non-hydrogen) atoms. The van der Waals surface area contributed by atoms with Gasteiger partial charge in [0.2, 0.25) is 11.8 Å². The van der Waals surface area contributed by atoms with E-state index in [4.69, 9.17) is 9.47 Å². The lowest BCUT2D eigenvalue weighted by Crippen LogP contribution is -2.51. The summed E-state index contributed by atoms with van der Waals surface area (Å²) < 4.78 is 10.1. The van der Waals surface area contributed by atoms with Crippen molar-refractivity contribution in [3.05, 3.63) is 0 Å². The number of nitrogens with one attached hydrogen (secondary N) is 2. The van der Waals surface area contributed by atoms with Gasteiger partial charge in [-0.2, -0.15) is 0 Å². The fourth-order valence-electron chi connectivity index (χ4n) is 2.76. The number of hydrogen-bond acceptors (Lipinski definition) is 6. The molecule has 1 saturated heterocycles. The van der Waals surface area contributed by atoms with Crippen molar-refractivity contribution >= 4 is 17.9 Å². The zero-order valence-corrected chi connectivity index (χ0v) is 17.7. The highest BCUT2D eigenvalue weighted by atomic mass is 16.6. The van der Waals surface area contributed by atoms with Crippen molar-refractivity contribution in [2.75, 3.05) is 59.5 Å². The molecule has 1 heterocycles. The number of nitrogens with zero attached hydrogens (tertiary/aromatic N) is 2. The number of piperazine rings is 1. The minimum Gasteiger partial charge on any atom is -0.444 e. The third kappa shape index (κ3) is 11.1. The van der Waals surface area contributed by atoms with Crippen molar-refractivity contribution in [2.45, 2.75) is 45.6 Å². The van der Waals surface area contributed by atoms with Crippen LogP contribution in [0, 0.1) is 0 Å². The highest BCUT2D eigenvalue weighted by Gasteiger charge is 2.22. The van der Waals surface area contributed by atoms with Crippen LogP contribution in [0.1, 0.15) is 40.0 Å². The summed E-state index contributed by atoms with van der Waals surface area (Å²) in [4.78, 5) is 39.6. The number of amides is 3. The zero-order valence-electron chi connectivity index (χ0n) is 17.7. The lowest BCUT2D eigenvalue weighted by atomic mass is 10.2. The van der Waals surface area contributed by atoms with Crippen LogP contribution >= 0.6 is 0 Å². The first-order valence-corrected chi connectivity index (χ1v) is 9.94. The first-order chi connectivity index (χ1) is 13.2. The molecule has 0 aliphatic carbocycles. The van der Waals surface area contributed by atoms with Gasteiger partial charge in [0.15, 0.2) is 0 Å². The van der Waals surface area contributed by atoms with Crippen LogP contribution < -0.4 is 10.6 Å². The molecule has 1 aliphatic rings. The van der Waals surface area contributed by atoms with Crippen LogP contribution in [0.2, 0.25) is 0 Å². The Kier molecular flexibility index (Phi) is 10.8. The topological polar surface area (TPSA) is 100 Å². The van der Waals surface area contributed by atoms with Crippen LogP contribution in [0.3, 0.4) is 0 Å². The Labute approximate surface area is 168 Å². The third-order valence-electron chi connectivity index (χ3n) is 4.18. The molecule has 1 aliphatic heterocycles. The Bertz CT molecular complexity index is 499. The lowest BCUT2D eigenvalue weighted by molar-refractivity contribution is -0.133. The SMILES string of the molecule is COCCCNC(=O)CN1CCN(C(=O)CCCNC(=O)OC(C)(C)C)CC1. The molecule has 0 aromatic rings. The van der Waals surface area contributed by atoms with E-state index < -0.39 is 11.7 Å². The summed E-state index contributed by atoms with van der Waals surface area (Å²) in [6, 6.07) is 0. The minimum absolute atomic E-state index is 0.00379. The standard InChI is InChI=1S/C19H36N4O5/c1-19(2,3)28-18(26)21-8-5-7-17(25)23-12-10-22(11-13-23)15-16(24)20-9-6-14-27-4/h5-15H2,1-4H3,(H,20,24)(H,21,26). The Balaban J connectivity index is 2.13. The van der Waals surface area contributed by atoms with Gasteiger partial charge in [0, 0.05) is 59.4 Å². The van der Waals surface area contributed by atoms with E-state index in [2.05, 4.69) is 15.5 Å². The molecule has 0 bridgehead atoms. The van der Waals surface area contributed by atoms with Crippen LogP contribution in [0.25, 0.3) is 0 Å². The largest absolute Gasteiger partial charge is 0.444 e. The second kappa shape index (κ2) is 12.6. The van der Waals surface area contributed by atoms with Crippen LogP contribution in [-0.4, -0.2) is 92.8 Å². The van der Waals surface area contributed by atoms with Gasteiger partial charge in [-0.1, -0.05) is 0 Å². The molecule has 1 fully saturated rings. The zero-order chi connectivity index (χ0) is 21.0. The van der Waals surface area contributed by atoms with Gasteiger partial charge in [0.05, 0.1) is 6.54 Å². The van der Waals surface area contributed by atoms with Crippen LogP contribution in [0.5, 0.6) is 0 Å². The quantitative estimate of drug-likeness (QED) is 0.521. The molecule has 0 saturated carbocycles. The fraction of sp³-hybridized carbons (Fsp3) is 0.842. The number of rotatable bonds is 10. The van der Waals surface area contributed by atoms with E-state index in [0.29, 0.717) is 65.3 Å². The van der Waals surface area contributed by atoms with E-state index in [0.717, 1.165) is 6.42 Å². The van der Waals surface area contributed by atoms with Gasteiger partial charge < -0.3 is 25.0 Å². The number of methoxy groups -OCH3 is 1. The number of alkyl carbamates (subject to hydrolysis) is 1. The van der Waals surface area contributed by atoms with Crippen LogP contribution in [0.15, 0.2) is 0 Å². The lowest BCUT2D eigenvalue weighted by Gasteiger charge is -2.34. The van der Waals surface area contributed by atoms with Gasteiger partial charge in [-0.15, -0.1) is 0 Å². The molecule has 9 nitrogen and oxygen atoms in total. The molecule has 0 aromatic carbocycles. The van der Waals surface area contributed by atoms with Gasteiger partial charge in [0.1, 0.15) is 5.60 Å². The van der Waals surface area contributed by atoms with Gasteiger partial charge in [-0.25, -0.2) is 4.79 Å². The van der Waals surface area contributed by atoms with Crippen molar-refractivity contribution in [1.29, 1.82) is 0 Å². The molecule has 0 radical (unpaired) electrons. The molecule has 0 atom stereocenters. The number of ether oxygens (including phenoxy) is 2. The monoisotopic (exact) mass is 400 g/mol. The Hall–Kier alpha value is -1.87. The van der Waals surface area contributed by atoms with E-state index in [9.17, 15) is 14.4 Å². The number of hydrogen-bond donors (Lipinski definition) is 2. The second-order valence-corrected chi connectivity index (χ2v) is 7.89. The maximum absolute atomic E-state index is 12.3. The Morgan fingerprint density at radius 1 is 0.964 bits per heavy atom. The fourth-order valence-corrected chi connectivity index (χ4v) is 2.76. The molecule has 3 amide bonds. The molecule has 1 rings (SSSR count). The first-order valence-electron chi connectivity index (χ1n) is 9.94. The van der Waals surface area contributed by atoms with E-state index in [1.165, 1.54) is 0 Å². The maximum atomic E-state index is 12.3. The molecule has 162 valence electrons. The Morgan fingerprint density at radius 2 is 1.61 bits per heavy atom. The predicted octanol–water partition coefficient (Wildman–Crippen LogP) is 0.588. The van der Waals surface area contributed by atoms with Gasteiger partial charge in [-0.05, 0) is 33.6 Å². The maximum Gasteiger partial charge on any atom is 0.407 e. The highest BCUT2D eigenvalue weighted by Crippen LogP contribution is 2.07. The summed E-state index contributed by atoms with van der Waals surface area (Å²) in [5.41, 5.74) is -0.527. The number of carbonyl (C=O) groups is 3. The van der Waals surface area contributed by atoms with Crippen LogP contribution in [-0.2, 0) is 19.1 Å². The highest BCUT2D eigenvalue weighted by molar-refractivity contribution is 5.78. The molecule has 0 aromatic heterocycles. The van der Waals surface area contributed by atoms with Crippen molar-refractivity contribution in [1.82, 2.24) is 20.4 Å². The summed E-state index contributed by atoms with van der Waals surface area (Å²) in [6.07, 6.45) is 1.29. The summed E-state index contributed by atoms with van der Waals surface area (Å²) in [7, 11) is 1.64. The van der Waals surface area contributed by atoms with Crippen molar-refractivity contribution in [3.8, 4) is 0 Å². The van der Waals surface area contributed by atoms with Crippen LogP contribution in [0.4, 0.5) is 4.79 Å². The summed E-state index contributed by atoms with van der Waals surface area (Å²) in [6.45, 7) is 10.0. The summed E-state index contributed by atoms with van der Waals surface area (Å²) in [5.74, 6) is 0.0822. The average Bonchev–Trinajstić information content (AvgIpc) is 2.61. The second-order valence-electron chi connectivity index (χ2n) is 7.89. The Morgan fingerprint density at radius 3 is 2.21 bits per heavy atom. The smallest absolute Gasteiger partial charge is 0.407 e. The number of carbonyl (C=O) groups excluding carboxylic acids is 3. The van der Waals surface area contributed by atoms with Crippen molar-refractivity contribution in [2.24, 2.45) is 0 Å². The molecule has 2 N–H and O–H groups in total. The molecular formula is C19H36N4O5. The van der Waals surface area contributed by atoms with Crippen molar-refractivity contribution in [3.63, 3.8) is 0 Å². The van der Waals surface area contributed by atoms with Crippen molar-refractivity contribution < 1.29 is 23.9 Å². The summed E-state index contributed by atoms with van der Waals surface area (Å²) >= 11 is 0. The average molecular weight is 401 g/mol. The van der Waals surface area contributed by atoms with Gasteiger partial charge in [-0.3, -0.25) is 14.5 Å².